The molecule has 5 heteroatoms. The number of amides is 2. The molecule has 1 aliphatic heterocycles. The summed E-state index contributed by atoms with van der Waals surface area (Å²) in [5.41, 5.74) is 1.06. The van der Waals surface area contributed by atoms with E-state index in [1.54, 1.807) is 0 Å². The molecule has 0 radical (unpaired) electrons. The van der Waals surface area contributed by atoms with E-state index >= 15 is 0 Å². The first kappa shape index (κ1) is 20.3. The number of hydrogen-bond donors (Lipinski definition) is 1. The maximum Gasteiger partial charge on any atom is 0.257 e. The number of carbonyl (C=O) groups is 2. The molecular weight excluding hydrogens is 328 g/mol. The molecule has 0 spiro atoms. The van der Waals surface area contributed by atoms with Gasteiger partial charge in [-0.05, 0) is 36.3 Å². The lowest BCUT2D eigenvalue weighted by Gasteiger charge is -2.22. The number of benzene rings is 1. The molecule has 2 amide bonds. The number of likely N-dealkylation sites (tertiary alicyclic amines) is 1. The molecule has 1 aromatic rings. The fourth-order valence-electron chi connectivity index (χ4n) is 3.18. The standard InChI is InChI=1S/C21H32N2O3/c1-21(2,3)17-10-6-7-11-18(17)26-16-19(24)22-13-9-15-23-14-8-4-5-12-20(23)25/h6-7,10-11H,4-5,8-9,12-16H2,1-3H3,(H,22,24). The number of hydrogen-bond acceptors (Lipinski definition) is 3. The summed E-state index contributed by atoms with van der Waals surface area (Å²) in [7, 11) is 0. The zero-order valence-electron chi connectivity index (χ0n) is 16.3. The summed E-state index contributed by atoms with van der Waals surface area (Å²) in [5.74, 6) is 0.872. The Morgan fingerprint density at radius 3 is 2.73 bits per heavy atom. The van der Waals surface area contributed by atoms with E-state index in [2.05, 4.69) is 26.1 Å². The van der Waals surface area contributed by atoms with E-state index in [0.717, 1.165) is 43.5 Å². The highest BCUT2D eigenvalue weighted by molar-refractivity contribution is 5.77. The maximum atomic E-state index is 12.0. The first-order valence-corrected chi connectivity index (χ1v) is 9.65. The third-order valence-corrected chi connectivity index (χ3v) is 4.65. The van der Waals surface area contributed by atoms with Gasteiger partial charge in [0.05, 0.1) is 0 Å². The van der Waals surface area contributed by atoms with Gasteiger partial charge in [0.15, 0.2) is 6.61 Å². The van der Waals surface area contributed by atoms with E-state index in [1.807, 2.05) is 29.2 Å². The van der Waals surface area contributed by atoms with Gasteiger partial charge in [0.25, 0.3) is 5.91 Å². The van der Waals surface area contributed by atoms with Crippen LogP contribution in [0.2, 0.25) is 0 Å². The van der Waals surface area contributed by atoms with Gasteiger partial charge in [-0.3, -0.25) is 9.59 Å². The van der Waals surface area contributed by atoms with Crippen molar-refractivity contribution in [2.45, 2.75) is 58.3 Å². The number of ether oxygens (including phenoxy) is 1. The molecule has 0 aromatic heterocycles. The van der Waals surface area contributed by atoms with Crippen molar-refractivity contribution in [3.05, 3.63) is 29.8 Å². The van der Waals surface area contributed by atoms with Gasteiger partial charge in [0.1, 0.15) is 5.75 Å². The molecule has 1 aromatic carbocycles. The predicted molar refractivity (Wildman–Crippen MR) is 103 cm³/mol. The lowest BCUT2D eigenvalue weighted by atomic mass is 9.86. The van der Waals surface area contributed by atoms with Gasteiger partial charge in [-0.25, -0.2) is 0 Å². The Balaban J connectivity index is 1.70. The molecule has 5 nitrogen and oxygen atoms in total. The Bertz CT molecular complexity index is 608. The van der Waals surface area contributed by atoms with Crippen molar-refractivity contribution in [2.75, 3.05) is 26.2 Å². The molecule has 2 rings (SSSR count). The van der Waals surface area contributed by atoms with Gasteiger partial charge in [0, 0.05) is 26.1 Å². The highest BCUT2D eigenvalue weighted by Gasteiger charge is 2.19. The number of nitrogens with zero attached hydrogens (tertiary/aromatic N) is 1. The van der Waals surface area contributed by atoms with Crippen molar-refractivity contribution in [3.8, 4) is 5.75 Å². The summed E-state index contributed by atoms with van der Waals surface area (Å²) >= 11 is 0. The van der Waals surface area contributed by atoms with Crippen LogP contribution in [0.15, 0.2) is 24.3 Å². The topological polar surface area (TPSA) is 58.6 Å². The van der Waals surface area contributed by atoms with Crippen molar-refractivity contribution in [1.82, 2.24) is 10.2 Å². The van der Waals surface area contributed by atoms with Crippen molar-refractivity contribution in [1.29, 1.82) is 0 Å². The van der Waals surface area contributed by atoms with Crippen LogP contribution in [-0.4, -0.2) is 43.0 Å². The molecule has 0 atom stereocenters. The quantitative estimate of drug-likeness (QED) is 0.759. The van der Waals surface area contributed by atoms with Gasteiger partial charge in [-0.15, -0.1) is 0 Å². The highest BCUT2D eigenvalue weighted by Crippen LogP contribution is 2.30. The van der Waals surface area contributed by atoms with Crippen LogP contribution in [0.5, 0.6) is 5.75 Å². The van der Waals surface area contributed by atoms with E-state index in [1.165, 1.54) is 0 Å². The summed E-state index contributed by atoms with van der Waals surface area (Å²) in [6.07, 6.45) is 4.65. The molecule has 1 heterocycles. The van der Waals surface area contributed by atoms with Crippen LogP contribution < -0.4 is 10.1 Å². The van der Waals surface area contributed by atoms with Crippen molar-refractivity contribution in [2.24, 2.45) is 0 Å². The minimum atomic E-state index is -0.129. The highest BCUT2D eigenvalue weighted by atomic mass is 16.5. The van der Waals surface area contributed by atoms with E-state index < -0.39 is 0 Å². The molecule has 0 aliphatic carbocycles. The second-order valence-electron chi connectivity index (χ2n) is 7.93. The molecule has 26 heavy (non-hydrogen) atoms. The fraction of sp³-hybridized carbons (Fsp3) is 0.619. The summed E-state index contributed by atoms with van der Waals surface area (Å²) in [4.78, 5) is 25.9. The molecule has 1 aliphatic rings. The average molecular weight is 360 g/mol. The lowest BCUT2D eigenvalue weighted by molar-refractivity contribution is -0.130. The second kappa shape index (κ2) is 9.60. The van der Waals surface area contributed by atoms with Gasteiger partial charge < -0.3 is 15.0 Å². The zero-order valence-corrected chi connectivity index (χ0v) is 16.3. The monoisotopic (exact) mass is 360 g/mol. The molecule has 144 valence electrons. The summed E-state index contributed by atoms with van der Waals surface area (Å²) in [6.45, 7) is 8.51. The summed E-state index contributed by atoms with van der Waals surface area (Å²) in [5, 5.41) is 2.88. The average Bonchev–Trinajstić information content (AvgIpc) is 2.80. The van der Waals surface area contributed by atoms with Crippen molar-refractivity contribution >= 4 is 11.8 Å². The minimum absolute atomic E-state index is 0.00966. The fourth-order valence-corrected chi connectivity index (χ4v) is 3.18. The summed E-state index contributed by atoms with van der Waals surface area (Å²) in [6, 6.07) is 7.84. The van der Waals surface area contributed by atoms with Crippen molar-refractivity contribution < 1.29 is 14.3 Å². The van der Waals surface area contributed by atoms with E-state index in [9.17, 15) is 9.59 Å². The lowest BCUT2D eigenvalue weighted by Crippen LogP contribution is -2.35. The van der Waals surface area contributed by atoms with Gasteiger partial charge >= 0.3 is 0 Å². The van der Waals surface area contributed by atoms with Crippen LogP contribution >= 0.6 is 0 Å². The first-order valence-electron chi connectivity index (χ1n) is 9.65. The SMILES string of the molecule is CC(C)(C)c1ccccc1OCC(=O)NCCCN1CCCCCC1=O. The Hall–Kier alpha value is -2.04. The Morgan fingerprint density at radius 1 is 1.19 bits per heavy atom. The van der Waals surface area contributed by atoms with Crippen LogP contribution in [0.4, 0.5) is 0 Å². The van der Waals surface area contributed by atoms with E-state index in [4.69, 9.17) is 4.74 Å². The first-order chi connectivity index (χ1) is 12.4. The third-order valence-electron chi connectivity index (χ3n) is 4.65. The van der Waals surface area contributed by atoms with Gasteiger partial charge in [-0.2, -0.15) is 0 Å². The zero-order chi connectivity index (χ0) is 19.0. The van der Waals surface area contributed by atoms with Crippen LogP contribution in [-0.2, 0) is 15.0 Å². The van der Waals surface area contributed by atoms with Crippen LogP contribution in [0, 0.1) is 0 Å². The van der Waals surface area contributed by atoms with Crippen molar-refractivity contribution in [3.63, 3.8) is 0 Å². The number of rotatable bonds is 7. The molecule has 1 fully saturated rings. The van der Waals surface area contributed by atoms with E-state index in [0.29, 0.717) is 19.5 Å². The third kappa shape index (κ3) is 6.36. The second-order valence-corrected chi connectivity index (χ2v) is 7.93. The normalized spacial score (nSPS) is 15.5. The molecular formula is C21H32N2O3. The van der Waals surface area contributed by atoms with Gasteiger partial charge in [0.2, 0.25) is 5.91 Å². The summed E-state index contributed by atoms with van der Waals surface area (Å²) < 4.78 is 5.73. The van der Waals surface area contributed by atoms with E-state index in [-0.39, 0.29) is 23.8 Å². The Morgan fingerprint density at radius 2 is 1.96 bits per heavy atom. The van der Waals surface area contributed by atoms with Gasteiger partial charge in [-0.1, -0.05) is 45.4 Å². The number of nitrogens with one attached hydrogen (secondary N) is 1. The number of carbonyl (C=O) groups excluding carboxylic acids is 2. The molecule has 1 saturated heterocycles. The van der Waals surface area contributed by atoms with Crippen LogP contribution in [0.1, 0.15) is 58.4 Å². The molecule has 0 bridgehead atoms. The molecule has 0 saturated carbocycles. The largest absolute Gasteiger partial charge is 0.483 e. The predicted octanol–water partition coefficient (Wildman–Crippen LogP) is 3.27. The van der Waals surface area contributed by atoms with Crippen LogP contribution in [0.25, 0.3) is 0 Å². The smallest absolute Gasteiger partial charge is 0.257 e. The molecule has 1 N–H and O–H groups in total. The van der Waals surface area contributed by atoms with Crippen LogP contribution in [0.3, 0.4) is 0 Å². The maximum absolute atomic E-state index is 12.0. The Kier molecular flexibility index (Phi) is 7.49. The number of para-hydroxylation sites is 1. The Labute approximate surface area is 157 Å². The molecule has 0 unspecified atom stereocenters. The minimum Gasteiger partial charge on any atom is -0.483 e.